The van der Waals surface area contributed by atoms with Crippen LogP contribution < -0.4 is 0 Å². The Labute approximate surface area is 80.3 Å². The van der Waals surface area contributed by atoms with E-state index in [-0.39, 0.29) is 0 Å². The van der Waals surface area contributed by atoms with Crippen LogP contribution in [-0.4, -0.2) is 37.7 Å². The second-order valence-corrected chi connectivity index (χ2v) is 3.52. The first-order valence-electron chi connectivity index (χ1n) is 4.98. The average Bonchev–Trinajstić information content (AvgIpc) is 2.94. The molecule has 0 spiro atoms. The maximum absolute atomic E-state index is 8.42. The molecule has 3 nitrogen and oxygen atoms in total. The van der Waals surface area contributed by atoms with Gasteiger partial charge in [0.2, 0.25) is 0 Å². The molecule has 0 aliphatic heterocycles. The van der Waals surface area contributed by atoms with Gasteiger partial charge in [0.15, 0.2) is 0 Å². The van der Waals surface area contributed by atoms with Crippen LogP contribution in [0.5, 0.6) is 0 Å². The first-order chi connectivity index (χ1) is 6.38. The van der Waals surface area contributed by atoms with Crippen molar-refractivity contribution < 1.29 is 4.74 Å². The molecule has 13 heavy (non-hydrogen) atoms. The number of nitriles is 1. The minimum Gasteiger partial charge on any atom is -0.383 e. The van der Waals surface area contributed by atoms with Crippen LogP contribution in [0.25, 0.3) is 0 Å². The average molecular weight is 182 g/mol. The Morgan fingerprint density at radius 1 is 1.46 bits per heavy atom. The van der Waals surface area contributed by atoms with Crippen LogP contribution in [-0.2, 0) is 4.74 Å². The van der Waals surface area contributed by atoms with Gasteiger partial charge >= 0.3 is 0 Å². The summed E-state index contributed by atoms with van der Waals surface area (Å²) >= 11 is 0. The van der Waals surface area contributed by atoms with Crippen LogP contribution in [0, 0.1) is 11.3 Å². The highest BCUT2D eigenvalue weighted by molar-refractivity contribution is 4.84. The van der Waals surface area contributed by atoms with Gasteiger partial charge < -0.3 is 4.74 Å². The Morgan fingerprint density at radius 2 is 2.23 bits per heavy atom. The summed E-state index contributed by atoms with van der Waals surface area (Å²) in [5.74, 6) is 0. The lowest BCUT2D eigenvalue weighted by atomic mass is 10.3. The standard InChI is InChI=1S/C10H18N2O/c1-13-9-8-12(10-4-5-10)7-3-2-6-11/h10H,2-5,7-9H2,1H3. The topological polar surface area (TPSA) is 36.3 Å². The van der Waals surface area contributed by atoms with Gasteiger partial charge in [-0.25, -0.2) is 0 Å². The predicted molar refractivity (Wildman–Crippen MR) is 51.3 cm³/mol. The van der Waals surface area contributed by atoms with Crippen molar-refractivity contribution in [2.45, 2.75) is 31.7 Å². The van der Waals surface area contributed by atoms with E-state index in [0.717, 1.165) is 32.2 Å². The molecule has 1 fully saturated rings. The molecule has 1 saturated carbocycles. The molecule has 0 aromatic rings. The highest BCUT2D eigenvalue weighted by atomic mass is 16.5. The maximum atomic E-state index is 8.42. The highest BCUT2D eigenvalue weighted by Crippen LogP contribution is 2.26. The van der Waals surface area contributed by atoms with Gasteiger partial charge in [-0.3, -0.25) is 4.90 Å². The lowest BCUT2D eigenvalue weighted by Gasteiger charge is -2.20. The molecule has 1 aliphatic carbocycles. The fourth-order valence-electron chi connectivity index (χ4n) is 1.49. The third-order valence-electron chi connectivity index (χ3n) is 2.38. The minimum absolute atomic E-state index is 0.677. The van der Waals surface area contributed by atoms with E-state index in [1.54, 1.807) is 7.11 Å². The summed E-state index contributed by atoms with van der Waals surface area (Å²) in [7, 11) is 1.74. The van der Waals surface area contributed by atoms with Crippen LogP contribution in [0.2, 0.25) is 0 Å². The first kappa shape index (κ1) is 10.5. The first-order valence-corrected chi connectivity index (χ1v) is 4.98. The van der Waals surface area contributed by atoms with E-state index in [0.29, 0.717) is 6.42 Å². The number of hydrogen-bond acceptors (Lipinski definition) is 3. The predicted octanol–water partition coefficient (Wildman–Crippen LogP) is 1.40. The fourth-order valence-corrected chi connectivity index (χ4v) is 1.49. The molecule has 1 rings (SSSR count). The van der Waals surface area contributed by atoms with Gasteiger partial charge in [0, 0.05) is 26.1 Å². The van der Waals surface area contributed by atoms with Crippen LogP contribution in [0.15, 0.2) is 0 Å². The molecule has 0 saturated heterocycles. The second kappa shape index (κ2) is 5.95. The maximum Gasteiger partial charge on any atom is 0.0622 e. The zero-order valence-electron chi connectivity index (χ0n) is 8.33. The summed E-state index contributed by atoms with van der Waals surface area (Å²) in [5.41, 5.74) is 0. The molecule has 0 aromatic heterocycles. The Bertz CT molecular complexity index is 172. The van der Waals surface area contributed by atoms with E-state index in [1.165, 1.54) is 12.8 Å². The lowest BCUT2D eigenvalue weighted by molar-refractivity contribution is 0.143. The summed E-state index contributed by atoms with van der Waals surface area (Å²) in [5, 5.41) is 8.42. The summed E-state index contributed by atoms with van der Waals surface area (Å²) in [4.78, 5) is 2.45. The molecule has 3 heteroatoms. The van der Waals surface area contributed by atoms with E-state index < -0.39 is 0 Å². The van der Waals surface area contributed by atoms with E-state index in [2.05, 4.69) is 11.0 Å². The number of ether oxygens (including phenoxy) is 1. The molecular weight excluding hydrogens is 164 g/mol. The number of nitrogens with zero attached hydrogens (tertiary/aromatic N) is 2. The Balaban J connectivity index is 2.10. The van der Waals surface area contributed by atoms with Gasteiger partial charge in [0.05, 0.1) is 12.7 Å². The molecule has 0 aromatic carbocycles. The number of methoxy groups -OCH3 is 1. The SMILES string of the molecule is COCCN(CCCC#N)C1CC1. The van der Waals surface area contributed by atoms with Crippen molar-refractivity contribution in [1.82, 2.24) is 4.90 Å². The quantitative estimate of drug-likeness (QED) is 0.558. The summed E-state index contributed by atoms with van der Waals surface area (Å²) in [6.07, 6.45) is 4.33. The van der Waals surface area contributed by atoms with Crippen molar-refractivity contribution in [3.05, 3.63) is 0 Å². The number of hydrogen-bond donors (Lipinski definition) is 0. The van der Waals surface area contributed by atoms with Crippen molar-refractivity contribution >= 4 is 0 Å². The van der Waals surface area contributed by atoms with Gasteiger partial charge in [-0.15, -0.1) is 0 Å². The Morgan fingerprint density at radius 3 is 2.77 bits per heavy atom. The van der Waals surface area contributed by atoms with E-state index >= 15 is 0 Å². The van der Waals surface area contributed by atoms with Gasteiger partial charge in [-0.05, 0) is 25.8 Å². The van der Waals surface area contributed by atoms with Crippen molar-refractivity contribution in [2.24, 2.45) is 0 Å². The molecular formula is C10H18N2O. The molecule has 0 bridgehead atoms. The van der Waals surface area contributed by atoms with Crippen molar-refractivity contribution in [2.75, 3.05) is 26.8 Å². The lowest BCUT2D eigenvalue weighted by Crippen LogP contribution is -2.30. The van der Waals surface area contributed by atoms with E-state index in [9.17, 15) is 0 Å². The molecule has 74 valence electrons. The highest BCUT2D eigenvalue weighted by Gasteiger charge is 2.27. The Kier molecular flexibility index (Phi) is 4.81. The van der Waals surface area contributed by atoms with Crippen LogP contribution in [0.4, 0.5) is 0 Å². The number of unbranched alkanes of at least 4 members (excludes halogenated alkanes) is 1. The van der Waals surface area contributed by atoms with E-state index in [1.807, 2.05) is 0 Å². The molecule has 0 heterocycles. The molecule has 1 aliphatic rings. The largest absolute Gasteiger partial charge is 0.383 e. The van der Waals surface area contributed by atoms with Gasteiger partial charge in [-0.2, -0.15) is 5.26 Å². The van der Waals surface area contributed by atoms with Crippen LogP contribution >= 0.6 is 0 Å². The Hall–Kier alpha value is -0.590. The van der Waals surface area contributed by atoms with Crippen LogP contribution in [0.3, 0.4) is 0 Å². The molecule has 0 amide bonds. The third kappa shape index (κ3) is 4.25. The molecule has 0 N–H and O–H groups in total. The number of rotatable bonds is 7. The minimum atomic E-state index is 0.677. The van der Waals surface area contributed by atoms with Crippen molar-refractivity contribution in [3.63, 3.8) is 0 Å². The zero-order valence-corrected chi connectivity index (χ0v) is 8.33. The van der Waals surface area contributed by atoms with Crippen LogP contribution in [0.1, 0.15) is 25.7 Å². The second-order valence-electron chi connectivity index (χ2n) is 3.52. The van der Waals surface area contributed by atoms with E-state index in [4.69, 9.17) is 10.00 Å². The smallest absolute Gasteiger partial charge is 0.0622 e. The summed E-state index contributed by atoms with van der Waals surface area (Å²) < 4.78 is 5.05. The normalized spacial score (nSPS) is 16.1. The zero-order chi connectivity index (χ0) is 9.52. The molecule has 0 unspecified atom stereocenters. The fraction of sp³-hybridized carbons (Fsp3) is 0.900. The molecule has 0 radical (unpaired) electrons. The monoisotopic (exact) mass is 182 g/mol. The third-order valence-corrected chi connectivity index (χ3v) is 2.38. The van der Waals surface area contributed by atoms with Gasteiger partial charge in [-0.1, -0.05) is 0 Å². The van der Waals surface area contributed by atoms with Gasteiger partial charge in [0.25, 0.3) is 0 Å². The van der Waals surface area contributed by atoms with Gasteiger partial charge in [0.1, 0.15) is 0 Å². The summed E-state index contributed by atoms with van der Waals surface area (Å²) in [6, 6.07) is 2.97. The van der Waals surface area contributed by atoms with Crippen molar-refractivity contribution in [3.8, 4) is 6.07 Å². The molecule has 0 atom stereocenters. The van der Waals surface area contributed by atoms with Crippen molar-refractivity contribution in [1.29, 1.82) is 5.26 Å². The summed E-state index contributed by atoms with van der Waals surface area (Å²) in [6.45, 7) is 2.89.